The molecule has 0 aromatic heterocycles. The monoisotopic (exact) mass is 392 g/mol. The number of nitrogens with zero attached hydrogens (tertiary/aromatic N) is 3. The van der Waals surface area contributed by atoms with Gasteiger partial charge in [-0.1, -0.05) is 18.2 Å². The molecule has 1 heterocycles. The summed E-state index contributed by atoms with van der Waals surface area (Å²) in [6.07, 6.45) is -0.745. The van der Waals surface area contributed by atoms with Gasteiger partial charge in [-0.15, -0.1) is 0 Å². The number of rotatable bonds is 6. The Balaban J connectivity index is 1.41. The standard InChI is InChI=1S/C22H24N4O3/c1-17(29-20-9-7-18(15-23)8-10-20)22(28)24-16-21(27)26-13-11-25(12-14-26)19-5-3-2-4-6-19/h2-10,17H,11-14,16H2,1H3,(H,24,28). The highest BCUT2D eigenvalue weighted by atomic mass is 16.5. The first-order chi connectivity index (χ1) is 14.1. The number of piperazine rings is 1. The van der Waals surface area contributed by atoms with Crippen molar-refractivity contribution in [3.05, 3.63) is 60.2 Å². The highest BCUT2D eigenvalue weighted by Gasteiger charge is 2.22. The van der Waals surface area contributed by atoms with Crippen molar-refractivity contribution < 1.29 is 14.3 Å². The van der Waals surface area contributed by atoms with Gasteiger partial charge in [-0.3, -0.25) is 9.59 Å². The summed E-state index contributed by atoms with van der Waals surface area (Å²) in [5.41, 5.74) is 1.68. The van der Waals surface area contributed by atoms with Crippen LogP contribution in [0.25, 0.3) is 0 Å². The first kappa shape index (κ1) is 20.2. The van der Waals surface area contributed by atoms with E-state index in [-0.39, 0.29) is 18.4 Å². The molecule has 0 aliphatic carbocycles. The number of hydrogen-bond donors (Lipinski definition) is 1. The molecule has 0 spiro atoms. The van der Waals surface area contributed by atoms with Gasteiger partial charge >= 0.3 is 0 Å². The van der Waals surface area contributed by atoms with E-state index in [0.717, 1.165) is 18.8 Å². The third-order valence-corrected chi connectivity index (χ3v) is 4.83. The zero-order chi connectivity index (χ0) is 20.6. The molecule has 0 radical (unpaired) electrons. The number of hydrogen-bond acceptors (Lipinski definition) is 5. The highest BCUT2D eigenvalue weighted by Crippen LogP contribution is 2.16. The van der Waals surface area contributed by atoms with Crippen molar-refractivity contribution in [2.24, 2.45) is 0 Å². The zero-order valence-electron chi connectivity index (χ0n) is 16.4. The Labute approximate surface area is 170 Å². The van der Waals surface area contributed by atoms with Crippen molar-refractivity contribution in [1.29, 1.82) is 5.26 Å². The lowest BCUT2D eigenvalue weighted by atomic mass is 10.2. The average molecular weight is 392 g/mol. The second kappa shape index (κ2) is 9.60. The van der Waals surface area contributed by atoms with E-state index in [4.69, 9.17) is 10.00 Å². The lowest BCUT2D eigenvalue weighted by Gasteiger charge is -2.36. The molecule has 0 bridgehead atoms. The fraction of sp³-hybridized carbons (Fsp3) is 0.318. The molecule has 1 aliphatic heterocycles. The van der Waals surface area contributed by atoms with Crippen molar-refractivity contribution in [3.8, 4) is 11.8 Å². The maximum Gasteiger partial charge on any atom is 0.261 e. The van der Waals surface area contributed by atoms with E-state index in [9.17, 15) is 9.59 Å². The van der Waals surface area contributed by atoms with Crippen LogP contribution in [0.15, 0.2) is 54.6 Å². The van der Waals surface area contributed by atoms with Crippen LogP contribution in [0.2, 0.25) is 0 Å². The summed E-state index contributed by atoms with van der Waals surface area (Å²) < 4.78 is 5.56. The van der Waals surface area contributed by atoms with Gasteiger partial charge in [-0.2, -0.15) is 5.26 Å². The predicted octanol–water partition coefficient (Wildman–Crippen LogP) is 1.79. The van der Waals surface area contributed by atoms with Crippen LogP contribution in [0.5, 0.6) is 5.75 Å². The summed E-state index contributed by atoms with van der Waals surface area (Å²) in [5, 5.41) is 11.5. The van der Waals surface area contributed by atoms with Gasteiger partial charge in [0, 0.05) is 31.9 Å². The minimum atomic E-state index is -0.745. The molecule has 2 amide bonds. The van der Waals surface area contributed by atoms with Crippen LogP contribution >= 0.6 is 0 Å². The normalized spacial score (nSPS) is 14.6. The van der Waals surface area contributed by atoms with Gasteiger partial charge in [0.25, 0.3) is 5.91 Å². The Morgan fingerprint density at radius 1 is 1.07 bits per heavy atom. The maximum absolute atomic E-state index is 12.4. The molecule has 29 heavy (non-hydrogen) atoms. The van der Waals surface area contributed by atoms with Gasteiger partial charge in [-0.25, -0.2) is 0 Å². The predicted molar refractivity (Wildman–Crippen MR) is 109 cm³/mol. The summed E-state index contributed by atoms with van der Waals surface area (Å²) in [6.45, 7) is 4.35. The van der Waals surface area contributed by atoms with Crippen LogP contribution in [-0.4, -0.2) is 55.5 Å². The number of anilines is 1. The number of benzene rings is 2. The van der Waals surface area contributed by atoms with E-state index >= 15 is 0 Å². The van der Waals surface area contributed by atoms with Gasteiger partial charge < -0.3 is 19.9 Å². The fourth-order valence-electron chi connectivity index (χ4n) is 3.14. The van der Waals surface area contributed by atoms with Crippen LogP contribution in [-0.2, 0) is 9.59 Å². The van der Waals surface area contributed by atoms with Gasteiger partial charge in [0.15, 0.2) is 6.10 Å². The average Bonchev–Trinajstić information content (AvgIpc) is 2.78. The number of nitrogens with one attached hydrogen (secondary N) is 1. The summed E-state index contributed by atoms with van der Waals surface area (Å²) in [6, 6.07) is 18.7. The molecule has 150 valence electrons. The van der Waals surface area contributed by atoms with E-state index in [1.54, 1.807) is 36.1 Å². The molecule has 0 saturated carbocycles. The number of amides is 2. The maximum atomic E-state index is 12.4. The molecule has 2 aromatic rings. The molecule has 1 fully saturated rings. The highest BCUT2D eigenvalue weighted by molar-refractivity contribution is 5.87. The Hall–Kier alpha value is -3.53. The van der Waals surface area contributed by atoms with Gasteiger partial charge in [0.1, 0.15) is 5.75 Å². The van der Waals surface area contributed by atoms with Crippen LogP contribution in [0.3, 0.4) is 0 Å². The molecule has 7 heteroatoms. The third-order valence-electron chi connectivity index (χ3n) is 4.83. The molecular weight excluding hydrogens is 368 g/mol. The smallest absolute Gasteiger partial charge is 0.261 e. The topological polar surface area (TPSA) is 85.7 Å². The second-order valence-corrected chi connectivity index (χ2v) is 6.82. The van der Waals surface area contributed by atoms with E-state index in [1.165, 1.54) is 0 Å². The Morgan fingerprint density at radius 2 is 1.72 bits per heavy atom. The van der Waals surface area contributed by atoms with Crippen LogP contribution in [0.4, 0.5) is 5.69 Å². The van der Waals surface area contributed by atoms with Crippen LogP contribution < -0.4 is 15.0 Å². The molecule has 1 N–H and O–H groups in total. The number of carbonyl (C=O) groups is 2. The van der Waals surface area contributed by atoms with E-state index in [2.05, 4.69) is 22.3 Å². The quantitative estimate of drug-likeness (QED) is 0.810. The Kier molecular flexibility index (Phi) is 6.69. The van der Waals surface area contributed by atoms with Crippen molar-refractivity contribution in [2.45, 2.75) is 13.0 Å². The van der Waals surface area contributed by atoms with Crippen molar-refractivity contribution in [1.82, 2.24) is 10.2 Å². The molecule has 1 atom stereocenters. The number of nitriles is 1. The SMILES string of the molecule is CC(Oc1ccc(C#N)cc1)C(=O)NCC(=O)N1CCN(c2ccccc2)CC1. The fourth-order valence-corrected chi connectivity index (χ4v) is 3.14. The summed E-state index contributed by atoms with van der Waals surface area (Å²) in [5.74, 6) is 0.0391. The summed E-state index contributed by atoms with van der Waals surface area (Å²) in [4.78, 5) is 28.7. The van der Waals surface area contributed by atoms with Gasteiger partial charge in [0.2, 0.25) is 5.91 Å². The Bertz CT molecular complexity index is 869. The summed E-state index contributed by atoms with van der Waals surface area (Å²) in [7, 11) is 0. The van der Waals surface area contributed by atoms with E-state index < -0.39 is 6.10 Å². The van der Waals surface area contributed by atoms with Crippen molar-refractivity contribution >= 4 is 17.5 Å². The zero-order valence-corrected chi connectivity index (χ0v) is 16.4. The van der Waals surface area contributed by atoms with Crippen LogP contribution in [0.1, 0.15) is 12.5 Å². The summed E-state index contributed by atoms with van der Waals surface area (Å²) >= 11 is 0. The minimum absolute atomic E-state index is 0.0504. The van der Waals surface area contributed by atoms with Gasteiger partial charge in [-0.05, 0) is 43.3 Å². The number of para-hydroxylation sites is 1. The molecule has 1 saturated heterocycles. The minimum Gasteiger partial charge on any atom is -0.481 e. The number of carbonyl (C=O) groups excluding carboxylic acids is 2. The first-order valence-corrected chi connectivity index (χ1v) is 9.59. The lowest BCUT2D eigenvalue weighted by molar-refractivity contribution is -0.134. The molecule has 3 rings (SSSR count). The molecule has 1 unspecified atom stereocenters. The lowest BCUT2D eigenvalue weighted by Crippen LogP contribution is -2.52. The van der Waals surface area contributed by atoms with Crippen LogP contribution in [0, 0.1) is 11.3 Å². The van der Waals surface area contributed by atoms with E-state index in [1.807, 2.05) is 24.3 Å². The molecular formula is C22H24N4O3. The first-order valence-electron chi connectivity index (χ1n) is 9.59. The second-order valence-electron chi connectivity index (χ2n) is 6.82. The molecule has 2 aromatic carbocycles. The molecule has 7 nitrogen and oxygen atoms in total. The van der Waals surface area contributed by atoms with E-state index in [0.29, 0.717) is 24.4 Å². The van der Waals surface area contributed by atoms with Gasteiger partial charge in [0.05, 0.1) is 18.2 Å². The molecule has 1 aliphatic rings. The van der Waals surface area contributed by atoms with Crippen molar-refractivity contribution in [3.63, 3.8) is 0 Å². The Morgan fingerprint density at radius 3 is 2.34 bits per heavy atom. The van der Waals surface area contributed by atoms with Crippen molar-refractivity contribution in [2.75, 3.05) is 37.6 Å². The third kappa shape index (κ3) is 5.48. The largest absolute Gasteiger partial charge is 0.481 e. The number of ether oxygens (including phenoxy) is 1.